The second-order valence-electron chi connectivity index (χ2n) is 7.16. The van der Waals surface area contributed by atoms with E-state index in [1.54, 1.807) is 6.20 Å². The predicted octanol–water partition coefficient (Wildman–Crippen LogP) is 4.92. The van der Waals surface area contributed by atoms with Crippen LogP contribution in [0.5, 0.6) is 0 Å². The molecule has 0 radical (unpaired) electrons. The third-order valence-corrected chi connectivity index (χ3v) is 5.29. The number of pyridine rings is 1. The molecule has 1 aliphatic carbocycles. The minimum Gasteiger partial charge on any atom is -0.344 e. The summed E-state index contributed by atoms with van der Waals surface area (Å²) in [6.07, 6.45) is 9.54. The van der Waals surface area contributed by atoms with Gasteiger partial charge in [-0.3, -0.25) is 9.78 Å². The SMILES string of the molecule is CCN1/C(=C\C=C2/C=Cc3cccnc3C2=O)C(C)(C)c2ccccc21. The fraction of sp³-hybridized carbons (Fsp3) is 0.217. The number of allylic oxidation sites excluding steroid dienone is 5. The van der Waals surface area contributed by atoms with E-state index < -0.39 is 0 Å². The van der Waals surface area contributed by atoms with Crippen molar-refractivity contribution in [1.29, 1.82) is 0 Å². The van der Waals surface area contributed by atoms with Crippen LogP contribution in [0, 0.1) is 0 Å². The van der Waals surface area contributed by atoms with Crippen LogP contribution >= 0.6 is 0 Å². The van der Waals surface area contributed by atoms with Gasteiger partial charge in [0.1, 0.15) is 5.69 Å². The van der Waals surface area contributed by atoms with Gasteiger partial charge >= 0.3 is 0 Å². The Morgan fingerprint density at radius 3 is 2.69 bits per heavy atom. The van der Waals surface area contributed by atoms with Gasteiger partial charge in [-0.15, -0.1) is 0 Å². The fourth-order valence-electron chi connectivity index (χ4n) is 3.92. The van der Waals surface area contributed by atoms with Crippen molar-refractivity contribution in [3.63, 3.8) is 0 Å². The molecule has 1 aromatic heterocycles. The van der Waals surface area contributed by atoms with E-state index >= 15 is 0 Å². The van der Waals surface area contributed by atoms with E-state index in [0.717, 1.165) is 12.1 Å². The minimum atomic E-state index is -0.0960. The maximum Gasteiger partial charge on any atom is 0.211 e. The van der Waals surface area contributed by atoms with Gasteiger partial charge in [0.25, 0.3) is 0 Å². The van der Waals surface area contributed by atoms with Gasteiger partial charge in [0.15, 0.2) is 0 Å². The number of hydrogen-bond donors (Lipinski definition) is 0. The summed E-state index contributed by atoms with van der Waals surface area (Å²) in [7, 11) is 0. The Labute approximate surface area is 154 Å². The van der Waals surface area contributed by atoms with Crippen molar-refractivity contribution in [1.82, 2.24) is 4.98 Å². The van der Waals surface area contributed by atoms with Gasteiger partial charge in [-0.1, -0.05) is 50.3 Å². The summed E-state index contributed by atoms with van der Waals surface area (Å²) < 4.78 is 0. The zero-order valence-electron chi connectivity index (χ0n) is 15.4. The van der Waals surface area contributed by atoms with E-state index in [2.05, 4.69) is 61.0 Å². The van der Waals surface area contributed by atoms with E-state index in [1.807, 2.05) is 30.4 Å². The molecule has 2 aliphatic rings. The lowest BCUT2D eigenvalue weighted by atomic mass is 9.83. The molecule has 26 heavy (non-hydrogen) atoms. The topological polar surface area (TPSA) is 33.2 Å². The number of nitrogens with zero attached hydrogens (tertiary/aromatic N) is 2. The molecule has 0 unspecified atom stereocenters. The summed E-state index contributed by atoms with van der Waals surface area (Å²) in [6, 6.07) is 12.3. The highest BCUT2D eigenvalue weighted by atomic mass is 16.1. The third-order valence-electron chi connectivity index (χ3n) is 5.29. The first-order valence-electron chi connectivity index (χ1n) is 9.01. The number of ketones is 1. The maximum absolute atomic E-state index is 12.7. The van der Waals surface area contributed by atoms with Crippen LogP contribution in [0.25, 0.3) is 6.08 Å². The van der Waals surface area contributed by atoms with Crippen molar-refractivity contribution in [2.24, 2.45) is 0 Å². The lowest BCUT2D eigenvalue weighted by molar-refractivity contribution is 0.103. The average molecular weight is 342 g/mol. The van der Waals surface area contributed by atoms with Crippen LogP contribution in [0.3, 0.4) is 0 Å². The number of para-hydroxylation sites is 1. The Morgan fingerprint density at radius 2 is 1.88 bits per heavy atom. The van der Waals surface area contributed by atoms with Gasteiger partial charge in [-0.2, -0.15) is 0 Å². The quantitative estimate of drug-likeness (QED) is 0.726. The molecule has 0 spiro atoms. The van der Waals surface area contributed by atoms with Crippen LogP contribution in [-0.2, 0) is 5.41 Å². The molecule has 1 aliphatic heterocycles. The Kier molecular flexibility index (Phi) is 3.87. The lowest BCUT2D eigenvalue weighted by Gasteiger charge is -2.26. The van der Waals surface area contributed by atoms with Gasteiger partial charge in [0.05, 0.1) is 0 Å². The third kappa shape index (κ3) is 2.43. The standard InChI is InChI=1S/C23H22N2O/c1-4-25-19-10-6-5-9-18(19)23(2,3)20(25)14-13-17-12-11-16-8-7-15-24-21(16)22(17)26/h5-15H,4H2,1-3H3/b17-13+,20-14-. The van der Waals surface area contributed by atoms with Gasteiger partial charge < -0.3 is 4.90 Å². The fourth-order valence-corrected chi connectivity index (χ4v) is 3.92. The van der Waals surface area contributed by atoms with Crippen LogP contribution < -0.4 is 4.90 Å². The first kappa shape index (κ1) is 16.5. The number of fused-ring (bicyclic) bond motifs is 2. The van der Waals surface area contributed by atoms with Crippen molar-refractivity contribution >= 4 is 17.5 Å². The number of aromatic nitrogens is 1. The Bertz CT molecular complexity index is 979. The van der Waals surface area contributed by atoms with E-state index in [1.165, 1.54) is 16.9 Å². The van der Waals surface area contributed by atoms with Crippen LogP contribution in [0.15, 0.2) is 72.1 Å². The number of benzene rings is 1. The van der Waals surface area contributed by atoms with Crippen molar-refractivity contribution in [3.05, 3.63) is 88.9 Å². The molecule has 2 aromatic rings. The number of likely N-dealkylation sites (N-methyl/N-ethyl adjacent to an activating group) is 1. The zero-order valence-corrected chi connectivity index (χ0v) is 15.4. The number of carbonyl (C=O) groups excluding carboxylic acids is 1. The monoisotopic (exact) mass is 342 g/mol. The molecule has 3 nitrogen and oxygen atoms in total. The number of carbonyl (C=O) groups is 1. The largest absolute Gasteiger partial charge is 0.344 e. The van der Waals surface area contributed by atoms with Gasteiger partial charge in [0, 0.05) is 40.7 Å². The number of rotatable bonds is 2. The summed E-state index contributed by atoms with van der Waals surface area (Å²) in [5, 5.41) is 0. The maximum atomic E-state index is 12.7. The van der Waals surface area contributed by atoms with Gasteiger partial charge in [0.2, 0.25) is 5.78 Å². The number of hydrogen-bond acceptors (Lipinski definition) is 3. The summed E-state index contributed by atoms with van der Waals surface area (Å²) in [5.41, 5.74) is 5.77. The molecule has 4 rings (SSSR count). The average Bonchev–Trinajstić information content (AvgIpc) is 2.88. The van der Waals surface area contributed by atoms with Crippen molar-refractivity contribution in [2.75, 3.05) is 11.4 Å². The van der Waals surface area contributed by atoms with Crippen molar-refractivity contribution in [2.45, 2.75) is 26.2 Å². The molecule has 0 fully saturated rings. The molecule has 2 heterocycles. The summed E-state index contributed by atoms with van der Waals surface area (Å²) in [4.78, 5) is 19.3. The molecule has 130 valence electrons. The molecule has 0 atom stereocenters. The van der Waals surface area contributed by atoms with E-state index in [9.17, 15) is 4.79 Å². The Balaban J connectivity index is 1.76. The molecule has 3 heteroatoms. The molecule has 0 saturated carbocycles. The molecule has 0 amide bonds. The minimum absolute atomic E-state index is 0.0173. The normalized spacial score (nSPS) is 20.6. The highest BCUT2D eigenvalue weighted by Crippen LogP contribution is 2.47. The molecular weight excluding hydrogens is 320 g/mol. The van der Waals surface area contributed by atoms with E-state index in [0.29, 0.717) is 11.3 Å². The van der Waals surface area contributed by atoms with Crippen LogP contribution in [-0.4, -0.2) is 17.3 Å². The molecular formula is C23H22N2O. The van der Waals surface area contributed by atoms with Crippen LogP contribution in [0.2, 0.25) is 0 Å². The summed E-state index contributed by atoms with van der Waals surface area (Å²) in [6.45, 7) is 7.52. The van der Waals surface area contributed by atoms with Crippen molar-refractivity contribution < 1.29 is 4.79 Å². The van der Waals surface area contributed by atoms with Crippen LogP contribution in [0.1, 0.15) is 42.4 Å². The van der Waals surface area contributed by atoms with Crippen molar-refractivity contribution in [3.8, 4) is 0 Å². The number of Topliss-reactive ketones (excluding diaryl/α,β-unsaturated/α-hetero) is 1. The molecule has 0 bridgehead atoms. The van der Waals surface area contributed by atoms with E-state index in [-0.39, 0.29) is 11.2 Å². The summed E-state index contributed by atoms with van der Waals surface area (Å²) in [5.74, 6) is -0.0173. The van der Waals surface area contributed by atoms with Gasteiger partial charge in [-0.05, 0) is 36.8 Å². The lowest BCUT2D eigenvalue weighted by Crippen LogP contribution is -2.25. The zero-order chi connectivity index (χ0) is 18.3. The molecule has 1 aromatic carbocycles. The van der Waals surface area contributed by atoms with E-state index in [4.69, 9.17) is 0 Å². The van der Waals surface area contributed by atoms with Gasteiger partial charge in [-0.25, -0.2) is 0 Å². The Hall–Kier alpha value is -2.94. The molecule has 0 N–H and O–H groups in total. The highest BCUT2D eigenvalue weighted by Gasteiger charge is 2.38. The predicted molar refractivity (Wildman–Crippen MR) is 106 cm³/mol. The number of anilines is 1. The smallest absolute Gasteiger partial charge is 0.211 e. The summed E-state index contributed by atoms with van der Waals surface area (Å²) >= 11 is 0. The highest BCUT2D eigenvalue weighted by molar-refractivity contribution is 6.14. The first-order valence-corrected chi connectivity index (χ1v) is 9.01. The first-order chi connectivity index (χ1) is 12.5. The second kappa shape index (κ2) is 6.10. The van der Waals surface area contributed by atoms with Crippen LogP contribution in [0.4, 0.5) is 5.69 Å². The molecule has 0 saturated heterocycles. The Morgan fingerprint density at radius 1 is 1.08 bits per heavy atom. The second-order valence-corrected chi connectivity index (χ2v) is 7.16.